The molecule has 15 heavy (non-hydrogen) atoms. The van der Waals surface area contributed by atoms with E-state index in [2.05, 4.69) is 21.4 Å². The van der Waals surface area contributed by atoms with Crippen LogP contribution in [0.1, 0.15) is 12.1 Å². The van der Waals surface area contributed by atoms with Gasteiger partial charge in [-0.25, -0.2) is 9.97 Å². The quantitative estimate of drug-likeness (QED) is 0.790. The molecule has 1 fully saturated rings. The van der Waals surface area contributed by atoms with Gasteiger partial charge in [0.2, 0.25) is 0 Å². The zero-order valence-electron chi connectivity index (χ0n) is 9.40. The molecular formula is C11H18N4. The Hall–Kier alpha value is -1.16. The molecule has 82 valence electrons. The molecule has 0 aliphatic carbocycles. The van der Waals surface area contributed by atoms with Crippen LogP contribution in [0.5, 0.6) is 0 Å². The third-order valence-corrected chi connectivity index (χ3v) is 2.83. The lowest BCUT2D eigenvalue weighted by Crippen LogP contribution is -2.14. The van der Waals surface area contributed by atoms with Crippen LogP contribution in [-0.4, -0.2) is 37.2 Å². The average molecular weight is 206 g/mol. The first-order chi connectivity index (χ1) is 7.25. The van der Waals surface area contributed by atoms with Crippen LogP contribution in [0.3, 0.4) is 0 Å². The first-order valence-corrected chi connectivity index (χ1v) is 5.44. The van der Waals surface area contributed by atoms with Gasteiger partial charge < -0.3 is 10.2 Å². The standard InChI is InChI=1S/C11H18N4/c1-15(2)11-6-10(13-8-14-11)5-9-3-4-12-7-9/h6,8-9,12H,3-5,7H2,1-2H3/t9-/m0/s1. The number of nitrogens with one attached hydrogen (secondary N) is 1. The molecule has 0 aromatic carbocycles. The second-order valence-corrected chi connectivity index (χ2v) is 4.32. The fourth-order valence-corrected chi connectivity index (χ4v) is 1.93. The van der Waals surface area contributed by atoms with Crippen LogP contribution in [0.25, 0.3) is 0 Å². The number of aromatic nitrogens is 2. The monoisotopic (exact) mass is 206 g/mol. The third kappa shape index (κ3) is 2.65. The van der Waals surface area contributed by atoms with Gasteiger partial charge in [-0.3, -0.25) is 0 Å². The molecule has 1 saturated heterocycles. The van der Waals surface area contributed by atoms with E-state index in [1.165, 1.54) is 6.42 Å². The van der Waals surface area contributed by atoms with Gasteiger partial charge in [0.05, 0.1) is 0 Å². The van der Waals surface area contributed by atoms with Gasteiger partial charge in [0, 0.05) is 25.9 Å². The maximum absolute atomic E-state index is 4.32. The smallest absolute Gasteiger partial charge is 0.131 e. The molecule has 1 N–H and O–H groups in total. The predicted molar refractivity (Wildman–Crippen MR) is 61.0 cm³/mol. The van der Waals surface area contributed by atoms with E-state index in [-0.39, 0.29) is 0 Å². The topological polar surface area (TPSA) is 41.0 Å². The Bertz CT molecular complexity index is 318. The number of anilines is 1. The van der Waals surface area contributed by atoms with Crippen molar-refractivity contribution in [3.05, 3.63) is 18.1 Å². The van der Waals surface area contributed by atoms with Crippen molar-refractivity contribution >= 4 is 5.82 Å². The summed E-state index contributed by atoms with van der Waals surface area (Å²) in [5.41, 5.74) is 1.16. The Morgan fingerprint density at radius 3 is 3.00 bits per heavy atom. The molecule has 2 rings (SSSR count). The maximum atomic E-state index is 4.32. The van der Waals surface area contributed by atoms with Crippen LogP contribution in [0.2, 0.25) is 0 Å². The fourth-order valence-electron chi connectivity index (χ4n) is 1.93. The van der Waals surface area contributed by atoms with Crippen molar-refractivity contribution in [3.8, 4) is 0 Å². The van der Waals surface area contributed by atoms with E-state index in [1.807, 2.05) is 19.0 Å². The third-order valence-electron chi connectivity index (χ3n) is 2.83. The first kappa shape index (κ1) is 10.4. The summed E-state index contributed by atoms with van der Waals surface area (Å²) in [6.45, 7) is 2.28. The summed E-state index contributed by atoms with van der Waals surface area (Å²) in [7, 11) is 4.01. The number of hydrogen-bond acceptors (Lipinski definition) is 4. The highest BCUT2D eigenvalue weighted by atomic mass is 15.1. The van der Waals surface area contributed by atoms with Crippen molar-refractivity contribution in [1.29, 1.82) is 0 Å². The maximum Gasteiger partial charge on any atom is 0.131 e. The minimum atomic E-state index is 0.745. The van der Waals surface area contributed by atoms with Gasteiger partial charge >= 0.3 is 0 Å². The summed E-state index contributed by atoms with van der Waals surface area (Å²) >= 11 is 0. The van der Waals surface area contributed by atoms with Gasteiger partial charge in [-0.05, 0) is 31.8 Å². The lowest BCUT2D eigenvalue weighted by atomic mass is 10.0. The molecule has 0 amide bonds. The van der Waals surface area contributed by atoms with Crippen LogP contribution in [0, 0.1) is 5.92 Å². The first-order valence-electron chi connectivity index (χ1n) is 5.44. The van der Waals surface area contributed by atoms with E-state index in [9.17, 15) is 0 Å². The molecule has 1 atom stereocenters. The Morgan fingerprint density at radius 1 is 1.47 bits per heavy atom. The number of hydrogen-bond donors (Lipinski definition) is 1. The van der Waals surface area contributed by atoms with E-state index >= 15 is 0 Å². The summed E-state index contributed by atoms with van der Waals surface area (Å²) in [5, 5.41) is 3.38. The Morgan fingerprint density at radius 2 is 2.33 bits per heavy atom. The van der Waals surface area contributed by atoms with Crippen molar-refractivity contribution in [3.63, 3.8) is 0 Å². The zero-order valence-corrected chi connectivity index (χ0v) is 9.40. The number of rotatable bonds is 3. The molecule has 0 spiro atoms. The summed E-state index contributed by atoms with van der Waals surface area (Å²) in [4.78, 5) is 10.5. The molecule has 1 aromatic rings. The summed E-state index contributed by atoms with van der Waals surface area (Å²) in [5.74, 6) is 1.74. The van der Waals surface area contributed by atoms with Gasteiger partial charge in [0.1, 0.15) is 12.1 Å². The minimum absolute atomic E-state index is 0.745. The highest BCUT2D eigenvalue weighted by Gasteiger charge is 2.15. The molecule has 0 bridgehead atoms. The Kier molecular flexibility index (Phi) is 3.16. The molecule has 4 heteroatoms. The minimum Gasteiger partial charge on any atom is -0.363 e. The van der Waals surface area contributed by atoms with E-state index in [0.717, 1.165) is 36.9 Å². The van der Waals surface area contributed by atoms with Crippen LogP contribution in [-0.2, 0) is 6.42 Å². The van der Waals surface area contributed by atoms with Crippen molar-refractivity contribution in [1.82, 2.24) is 15.3 Å². The largest absolute Gasteiger partial charge is 0.363 e. The molecule has 0 radical (unpaired) electrons. The van der Waals surface area contributed by atoms with Crippen LogP contribution < -0.4 is 10.2 Å². The molecule has 1 aliphatic rings. The predicted octanol–water partition coefficient (Wildman–Crippen LogP) is 0.695. The van der Waals surface area contributed by atoms with E-state index in [4.69, 9.17) is 0 Å². The lowest BCUT2D eigenvalue weighted by molar-refractivity contribution is 0.571. The van der Waals surface area contributed by atoms with E-state index < -0.39 is 0 Å². The second-order valence-electron chi connectivity index (χ2n) is 4.32. The van der Waals surface area contributed by atoms with E-state index in [0.29, 0.717) is 0 Å². The SMILES string of the molecule is CN(C)c1cc(C[C@@H]2CCNC2)ncn1. The zero-order chi connectivity index (χ0) is 10.7. The van der Waals surface area contributed by atoms with Crippen LogP contribution >= 0.6 is 0 Å². The lowest BCUT2D eigenvalue weighted by Gasteiger charge is -2.13. The molecule has 2 heterocycles. The van der Waals surface area contributed by atoms with Crippen molar-refractivity contribution < 1.29 is 0 Å². The summed E-state index contributed by atoms with van der Waals surface area (Å²) in [6.07, 6.45) is 3.99. The van der Waals surface area contributed by atoms with Gasteiger partial charge in [0.15, 0.2) is 0 Å². The van der Waals surface area contributed by atoms with Crippen molar-refractivity contribution in [2.75, 3.05) is 32.1 Å². The molecule has 1 aliphatic heterocycles. The second kappa shape index (κ2) is 4.57. The normalized spacial score (nSPS) is 20.5. The Balaban J connectivity index is 2.04. The van der Waals surface area contributed by atoms with Crippen LogP contribution in [0.15, 0.2) is 12.4 Å². The highest BCUT2D eigenvalue weighted by molar-refractivity contribution is 5.36. The molecule has 0 saturated carbocycles. The highest BCUT2D eigenvalue weighted by Crippen LogP contribution is 2.15. The van der Waals surface area contributed by atoms with Gasteiger partial charge in [-0.2, -0.15) is 0 Å². The summed E-state index contributed by atoms with van der Waals surface area (Å²) in [6, 6.07) is 2.08. The van der Waals surface area contributed by atoms with Crippen LogP contribution in [0.4, 0.5) is 5.82 Å². The van der Waals surface area contributed by atoms with Crippen molar-refractivity contribution in [2.24, 2.45) is 5.92 Å². The number of nitrogens with zero attached hydrogens (tertiary/aromatic N) is 3. The molecule has 0 unspecified atom stereocenters. The fraction of sp³-hybridized carbons (Fsp3) is 0.636. The van der Waals surface area contributed by atoms with E-state index in [1.54, 1.807) is 6.33 Å². The molecule has 1 aromatic heterocycles. The van der Waals surface area contributed by atoms with Crippen molar-refractivity contribution in [2.45, 2.75) is 12.8 Å². The molecular weight excluding hydrogens is 188 g/mol. The van der Waals surface area contributed by atoms with Gasteiger partial charge in [-0.15, -0.1) is 0 Å². The van der Waals surface area contributed by atoms with Gasteiger partial charge in [-0.1, -0.05) is 0 Å². The summed E-state index contributed by atoms with van der Waals surface area (Å²) < 4.78 is 0. The average Bonchev–Trinajstić information content (AvgIpc) is 2.71. The van der Waals surface area contributed by atoms with Gasteiger partial charge in [0.25, 0.3) is 0 Å². The Labute approximate surface area is 90.7 Å². The molecule has 4 nitrogen and oxygen atoms in total.